The average molecular weight is 296 g/mol. The monoisotopic (exact) mass is 295 g/mol. The molecule has 1 saturated heterocycles. The van der Waals surface area contributed by atoms with E-state index in [1.807, 2.05) is 17.0 Å². The Morgan fingerprint density at radius 2 is 2.10 bits per heavy atom. The number of hydrogen-bond acceptors (Lipinski definition) is 3. The van der Waals surface area contributed by atoms with Gasteiger partial charge in [0.25, 0.3) is 0 Å². The first kappa shape index (κ1) is 15.1. The van der Waals surface area contributed by atoms with Gasteiger partial charge in [-0.1, -0.05) is 31.9 Å². The van der Waals surface area contributed by atoms with E-state index in [0.29, 0.717) is 17.4 Å². The highest BCUT2D eigenvalue weighted by Crippen LogP contribution is 2.23. The van der Waals surface area contributed by atoms with Gasteiger partial charge in [-0.3, -0.25) is 4.79 Å². The van der Waals surface area contributed by atoms with E-state index in [0.717, 1.165) is 38.4 Å². The van der Waals surface area contributed by atoms with Crippen LogP contribution in [0.15, 0.2) is 18.3 Å². The molecule has 1 aromatic rings. The lowest BCUT2D eigenvalue weighted by atomic mass is 10.0. The fourth-order valence-corrected chi connectivity index (χ4v) is 2.59. The van der Waals surface area contributed by atoms with E-state index < -0.39 is 0 Å². The lowest BCUT2D eigenvalue weighted by Crippen LogP contribution is -2.49. The van der Waals surface area contributed by atoms with Crippen LogP contribution in [0.1, 0.15) is 26.7 Å². The molecule has 1 aliphatic heterocycles. The molecule has 0 aliphatic carbocycles. The Bertz CT molecular complexity index is 458. The van der Waals surface area contributed by atoms with Crippen molar-refractivity contribution < 1.29 is 4.79 Å². The van der Waals surface area contributed by atoms with Crippen molar-refractivity contribution in [2.24, 2.45) is 5.92 Å². The number of anilines is 1. The van der Waals surface area contributed by atoms with Crippen LogP contribution in [0, 0.1) is 5.92 Å². The number of halogens is 1. The summed E-state index contributed by atoms with van der Waals surface area (Å²) < 4.78 is 0. The normalized spacial score (nSPS) is 17.1. The third kappa shape index (κ3) is 3.63. The highest BCUT2D eigenvalue weighted by atomic mass is 35.5. The lowest BCUT2D eigenvalue weighted by molar-refractivity contribution is -0.132. The van der Waals surface area contributed by atoms with Crippen LogP contribution in [-0.2, 0) is 4.79 Å². The van der Waals surface area contributed by atoms with E-state index in [4.69, 9.17) is 11.6 Å². The highest BCUT2D eigenvalue weighted by molar-refractivity contribution is 6.32. The van der Waals surface area contributed by atoms with Crippen molar-refractivity contribution in [2.45, 2.75) is 26.7 Å². The predicted octanol–water partition coefficient (Wildman–Crippen LogP) is 2.82. The quantitative estimate of drug-likeness (QED) is 0.857. The minimum atomic E-state index is 0.270. The Hall–Kier alpha value is -1.29. The molecule has 5 heteroatoms. The molecule has 1 amide bonds. The molecule has 1 aliphatic rings. The number of rotatable bonds is 4. The van der Waals surface area contributed by atoms with Gasteiger partial charge in [0.05, 0.1) is 5.02 Å². The van der Waals surface area contributed by atoms with Crippen LogP contribution in [0.4, 0.5) is 5.82 Å². The molecular formula is C15H22ClN3O. The summed E-state index contributed by atoms with van der Waals surface area (Å²) in [5.74, 6) is 1.56. The summed E-state index contributed by atoms with van der Waals surface area (Å²) in [5.41, 5.74) is 0. The van der Waals surface area contributed by atoms with Crippen molar-refractivity contribution in [3.63, 3.8) is 0 Å². The maximum absolute atomic E-state index is 12.1. The number of nitrogens with zero attached hydrogens (tertiary/aromatic N) is 3. The molecule has 0 bridgehead atoms. The Morgan fingerprint density at radius 1 is 1.40 bits per heavy atom. The van der Waals surface area contributed by atoms with Gasteiger partial charge in [0.1, 0.15) is 5.82 Å². The fourth-order valence-electron chi connectivity index (χ4n) is 2.35. The summed E-state index contributed by atoms with van der Waals surface area (Å²) in [7, 11) is 0. The van der Waals surface area contributed by atoms with E-state index in [-0.39, 0.29) is 5.91 Å². The molecule has 0 saturated carbocycles. The topological polar surface area (TPSA) is 36.4 Å². The summed E-state index contributed by atoms with van der Waals surface area (Å²) in [6, 6.07) is 3.68. The first-order valence-electron chi connectivity index (χ1n) is 7.25. The van der Waals surface area contributed by atoms with Gasteiger partial charge in [0.2, 0.25) is 5.91 Å². The Labute approximate surface area is 125 Å². The minimum absolute atomic E-state index is 0.270. The first-order chi connectivity index (χ1) is 9.61. The summed E-state index contributed by atoms with van der Waals surface area (Å²) in [4.78, 5) is 20.6. The number of carbonyl (C=O) groups is 1. The molecule has 110 valence electrons. The Morgan fingerprint density at radius 3 is 2.70 bits per heavy atom. The van der Waals surface area contributed by atoms with Gasteiger partial charge in [0, 0.05) is 38.8 Å². The molecule has 0 spiro atoms. The van der Waals surface area contributed by atoms with E-state index in [1.165, 1.54) is 0 Å². The molecule has 0 radical (unpaired) electrons. The third-order valence-corrected chi connectivity index (χ3v) is 4.19. The van der Waals surface area contributed by atoms with Crippen molar-refractivity contribution in [1.29, 1.82) is 0 Å². The molecule has 1 fully saturated rings. The molecular weight excluding hydrogens is 274 g/mol. The summed E-state index contributed by atoms with van der Waals surface area (Å²) in [5, 5.41) is 0.673. The van der Waals surface area contributed by atoms with Crippen LogP contribution < -0.4 is 4.90 Å². The maximum Gasteiger partial charge on any atom is 0.222 e. The number of hydrogen-bond donors (Lipinski definition) is 0. The second kappa shape index (κ2) is 6.93. The zero-order valence-corrected chi connectivity index (χ0v) is 12.9. The number of carbonyl (C=O) groups excluding carboxylic acids is 1. The van der Waals surface area contributed by atoms with Crippen LogP contribution in [0.2, 0.25) is 5.02 Å². The van der Waals surface area contributed by atoms with Gasteiger partial charge in [-0.05, 0) is 18.1 Å². The van der Waals surface area contributed by atoms with Gasteiger partial charge < -0.3 is 9.80 Å². The van der Waals surface area contributed by atoms with Crippen LogP contribution in [0.5, 0.6) is 0 Å². The van der Waals surface area contributed by atoms with Gasteiger partial charge in [-0.15, -0.1) is 0 Å². The minimum Gasteiger partial charge on any atom is -0.352 e. The second-order valence-corrected chi connectivity index (χ2v) is 5.80. The average Bonchev–Trinajstić information content (AvgIpc) is 2.47. The molecule has 0 N–H and O–H groups in total. The standard InChI is InChI=1S/C15H22ClN3O/c1-3-12(2)11-14(20)18-7-9-19(10-8-18)15-13(16)5-4-6-17-15/h4-6,12H,3,7-11H2,1-2H3. The Kier molecular flexibility index (Phi) is 5.24. The van der Waals surface area contributed by atoms with E-state index in [9.17, 15) is 4.79 Å². The molecule has 0 aromatic carbocycles. The van der Waals surface area contributed by atoms with Gasteiger partial charge in [0.15, 0.2) is 0 Å². The molecule has 1 atom stereocenters. The van der Waals surface area contributed by atoms with Gasteiger partial charge >= 0.3 is 0 Å². The Balaban J connectivity index is 1.89. The highest BCUT2D eigenvalue weighted by Gasteiger charge is 2.23. The van der Waals surface area contributed by atoms with Crippen molar-refractivity contribution in [3.8, 4) is 0 Å². The number of pyridine rings is 1. The molecule has 2 rings (SSSR count). The van der Waals surface area contributed by atoms with E-state index in [1.54, 1.807) is 6.20 Å². The van der Waals surface area contributed by atoms with E-state index >= 15 is 0 Å². The summed E-state index contributed by atoms with van der Waals surface area (Å²) >= 11 is 6.16. The molecule has 4 nitrogen and oxygen atoms in total. The molecule has 2 heterocycles. The first-order valence-corrected chi connectivity index (χ1v) is 7.62. The largest absolute Gasteiger partial charge is 0.352 e. The number of piperazine rings is 1. The van der Waals surface area contributed by atoms with Gasteiger partial charge in [-0.25, -0.2) is 4.98 Å². The van der Waals surface area contributed by atoms with Crippen LogP contribution in [0.25, 0.3) is 0 Å². The second-order valence-electron chi connectivity index (χ2n) is 5.39. The van der Waals surface area contributed by atoms with Crippen molar-refractivity contribution in [2.75, 3.05) is 31.1 Å². The SMILES string of the molecule is CCC(C)CC(=O)N1CCN(c2ncccc2Cl)CC1. The van der Waals surface area contributed by atoms with Crippen LogP contribution >= 0.6 is 11.6 Å². The van der Waals surface area contributed by atoms with Crippen molar-refractivity contribution in [1.82, 2.24) is 9.88 Å². The molecule has 1 aromatic heterocycles. The van der Waals surface area contributed by atoms with Gasteiger partial charge in [-0.2, -0.15) is 0 Å². The summed E-state index contributed by atoms with van der Waals surface area (Å²) in [6.45, 7) is 7.34. The third-order valence-electron chi connectivity index (χ3n) is 3.89. The smallest absolute Gasteiger partial charge is 0.222 e. The zero-order valence-electron chi connectivity index (χ0n) is 12.2. The number of amides is 1. The van der Waals surface area contributed by atoms with Crippen molar-refractivity contribution >= 4 is 23.3 Å². The lowest BCUT2D eigenvalue weighted by Gasteiger charge is -2.36. The van der Waals surface area contributed by atoms with Crippen LogP contribution in [-0.4, -0.2) is 42.0 Å². The van der Waals surface area contributed by atoms with Crippen molar-refractivity contribution in [3.05, 3.63) is 23.4 Å². The van der Waals surface area contributed by atoms with E-state index in [2.05, 4.69) is 23.7 Å². The molecule has 20 heavy (non-hydrogen) atoms. The number of aromatic nitrogens is 1. The zero-order chi connectivity index (χ0) is 14.5. The van der Waals surface area contributed by atoms with Crippen LogP contribution in [0.3, 0.4) is 0 Å². The molecule has 1 unspecified atom stereocenters. The summed E-state index contributed by atoms with van der Waals surface area (Å²) in [6.07, 6.45) is 3.46. The fraction of sp³-hybridized carbons (Fsp3) is 0.600. The predicted molar refractivity (Wildman–Crippen MR) is 82.1 cm³/mol. The maximum atomic E-state index is 12.1.